The molecule has 0 aliphatic heterocycles. The molecule has 0 unspecified atom stereocenters. The van der Waals surface area contributed by atoms with Gasteiger partial charge in [-0.2, -0.15) is 5.10 Å². The summed E-state index contributed by atoms with van der Waals surface area (Å²) in [4.78, 5) is 19.6. The fourth-order valence-electron chi connectivity index (χ4n) is 3.44. The van der Waals surface area contributed by atoms with E-state index in [0.717, 1.165) is 16.9 Å². The Balaban J connectivity index is 2.22. The maximum atomic E-state index is 13.0. The third-order valence-electron chi connectivity index (χ3n) is 5.23. The van der Waals surface area contributed by atoms with Crippen molar-refractivity contribution in [3.8, 4) is 5.69 Å². The van der Waals surface area contributed by atoms with Crippen molar-refractivity contribution in [2.75, 3.05) is 13.1 Å². The van der Waals surface area contributed by atoms with Crippen molar-refractivity contribution in [3.05, 3.63) is 40.0 Å². The highest BCUT2D eigenvalue weighted by Crippen LogP contribution is 2.30. The maximum Gasteiger partial charge on any atom is 0.236 e. The first-order chi connectivity index (χ1) is 14.3. The number of aromatic amines is 1. The van der Waals surface area contributed by atoms with E-state index >= 15 is 0 Å². The van der Waals surface area contributed by atoms with Crippen LogP contribution in [-0.2, 0) is 4.79 Å². The largest absolute Gasteiger partial charge is 0.342 e. The van der Waals surface area contributed by atoms with E-state index in [4.69, 9.17) is 22.0 Å². The summed E-state index contributed by atoms with van der Waals surface area (Å²) in [7, 11) is 0. The number of hydrogen-bond donors (Lipinski definition) is 2. The number of rotatable bonds is 7. The summed E-state index contributed by atoms with van der Waals surface area (Å²) >= 11 is 7.75. The SMILES string of the molecule is CC[C@H](Sc1nc2n[nH]c(C)c2c(=N)n1-c1cccc(Cl)c1C)C(=O)N(CC)CC. The van der Waals surface area contributed by atoms with E-state index in [9.17, 15) is 4.79 Å². The molecule has 9 heteroatoms. The topological polar surface area (TPSA) is 90.7 Å². The second-order valence-electron chi connectivity index (χ2n) is 7.03. The Bertz CT molecular complexity index is 1130. The molecule has 0 bridgehead atoms. The van der Waals surface area contributed by atoms with Gasteiger partial charge in [0.2, 0.25) is 5.91 Å². The van der Waals surface area contributed by atoms with Gasteiger partial charge in [-0.3, -0.25) is 19.9 Å². The number of fused-ring (bicyclic) bond motifs is 1. The Morgan fingerprint density at radius 2 is 2.00 bits per heavy atom. The van der Waals surface area contributed by atoms with Crippen molar-refractivity contribution in [1.29, 1.82) is 5.41 Å². The van der Waals surface area contributed by atoms with Crippen LogP contribution in [-0.4, -0.2) is 48.9 Å². The summed E-state index contributed by atoms with van der Waals surface area (Å²) < 4.78 is 1.77. The van der Waals surface area contributed by atoms with Gasteiger partial charge in [0, 0.05) is 23.8 Å². The van der Waals surface area contributed by atoms with Crippen LogP contribution in [0.5, 0.6) is 0 Å². The quantitative estimate of drug-likeness (QED) is 0.419. The molecule has 0 spiro atoms. The van der Waals surface area contributed by atoms with Crippen molar-refractivity contribution in [1.82, 2.24) is 24.6 Å². The average molecular weight is 447 g/mol. The van der Waals surface area contributed by atoms with Crippen LogP contribution in [0, 0.1) is 19.3 Å². The minimum Gasteiger partial charge on any atom is -0.342 e. The van der Waals surface area contributed by atoms with E-state index in [1.165, 1.54) is 11.8 Å². The highest BCUT2D eigenvalue weighted by atomic mass is 35.5. The van der Waals surface area contributed by atoms with E-state index in [-0.39, 0.29) is 16.6 Å². The zero-order valence-electron chi connectivity index (χ0n) is 17.9. The van der Waals surface area contributed by atoms with Gasteiger partial charge >= 0.3 is 0 Å². The number of thioether (sulfide) groups is 1. The molecular weight excluding hydrogens is 420 g/mol. The fourth-order valence-corrected chi connectivity index (χ4v) is 4.72. The van der Waals surface area contributed by atoms with Crippen LogP contribution >= 0.6 is 23.4 Å². The fraction of sp³-hybridized carbons (Fsp3) is 0.429. The van der Waals surface area contributed by atoms with E-state index in [2.05, 4.69) is 10.2 Å². The Kier molecular flexibility index (Phi) is 6.88. The number of amides is 1. The molecule has 2 heterocycles. The van der Waals surface area contributed by atoms with Gasteiger partial charge in [0.1, 0.15) is 5.49 Å². The first kappa shape index (κ1) is 22.4. The number of carbonyl (C=O) groups is 1. The maximum absolute atomic E-state index is 13.0. The highest BCUT2D eigenvalue weighted by molar-refractivity contribution is 8.00. The zero-order valence-corrected chi connectivity index (χ0v) is 19.5. The van der Waals surface area contributed by atoms with Crippen LogP contribution in [0.3, 0.4) is 0 Å². The Labute approximate surface area is 185 Å². The third kappa shape index (κ3) is 3.98. The molecule has 0 aliphatic rings. The number of hydrogen-bond acceptors (Lipinski definition) is 5. The molecule has 3 aromatic rings. The first-order valence-corrected chi connectivity index (χ1v) is 11.3. The van der Waals surface area contributed by atoms with Gasteiger partial charge in [-0.15, -0.1) is 0 Å². The molecule has 1 atom stereocenters. The van der Waals surface area contributed by atoms with E-state index < -0.39 is 0 Å². The first-order valence-electron chi connectivity index (χ1n) is 10.1. The molecule has 0 aliphatic carbocycles. The number of H-pyrrole nitrogens is 1. The smallest absolute Gasteiger partial charge is 0.236 e. The lowest BCUT2D eigenvalue weighted by atomic mass is 10.2. The number of carbonyl (C=O) groups excluding carboxylic acids is 1. The van der Waals surface area contributed by atoms with Crippen LogP contribution in [0.15, 0.2) is 23.4 Å². The lowest BCUT2D eigenvalue weighted by Crippen LogP contribution is -2.37. The van der Waals surface area contributed by atoms with Crippen LogP contribution in [0.25, 0.3) is 16.7 Å². The predicted molar refractivity (Wildman–Crippen MR) is 121 cm³/mol. The summed E-state index contributed by atoms with van der Waals surface area (Å²) in [5.41, 5.74) is 3.14. The molecule has 1 amide bonds. The van der Waals surface area contributed by atoms with Crippen molar-refractivity contribution < 1.29 is 4.79 Å². The van der Waals surface area contributed by atoms with E-state index in [1.54, 1.807) is 4.57 Å². The van der Waals surface area contributed by atoms with Crippen LogP contribution < -0.4 is 5.49 Å². The number of halogens is 1. The molecule has 0 fully saturated rings. The van der Waals surface area contributed by atoms with Gasteiger partial charge in [0.15, 0.2) is 10.8 Å². The number of nitrogens with one attached hydrogen (secondary N) is 2. The Morgan fingerprint density at radius 1 is 1.30 bits per heavy atom. The lowest BCUT2D eigenvalue weighted by Gasteiger charge is -2.25. The summed E-state index contributed by atoms with van der Waals surface area (Å²) in [5.74, 6) is 0.0773. The van der Waals surface area contributed by atoms with Crippen molar-refractivity contribution in [3.63, 3.8) is 0 Å². The monoisotopic (exact) mass is 446 g/mol. The molecule has 0 radical (unpaired) electrons. The standard InChI is InChI=1S/C21H27ClN6OS/c1-6-16(20(29)27(7-2)8-3)30-21-24-19-17(13(5)25-26-19)18(23)28(21)15-11-9-10-14(22)12(15)4/h9-11,16,23H,6-8H2,1-5H3,(H,25,26)/t16-/m0/s1. The Hall–Kier alpha value is -2.32. The molecule has 2 aromatic heterocycles. The minimum atomic E-state index is -0.306. The van der Waals surface area contributed by atoms with Crippen LogP contribution in [0.2, 0.25) is 5.02 Å². The van der Waals surface area contributed by atoms with E-state index in [1.807, 2.05) is 57.7 Å². The third-order valence-corrected chi connectivity index (χ3v) is 6.94. The molecule has 160 valence electrons. The minimum absolute atomic E-state index is 0.0773. The van der Waals surface area contributed by atoms with Gasteiger partial charge in [0.05, 0.1) is 16.3 Å². The molecule has 7 nitrogen and oxygen atoms in total. The summed E-state index contributed by atoms with van der Waals surface area (Å²) in [6, 6.07) is 5.60. The number of aryl methyl sites for hydroxylation is 1. The van der Waals surface area contributed by atoms with E-state index in [0.29, 0.717) is 40.7 Å². The van der Waals surface area contributed by atoms with Gasteiger partial charge in [-0.05, 0) is 51.8 Å². The Morgan fingerprint density at radius 3 is 2.63 bits per heavy atom. The van der Waals surface area contributed by atoms with Gasteiger partial charge in [0.25, 0.3) is 0 Å². The summed E-state index contributed by atoms with van der Waals surface area (Å²) in [6.45, 7) is 11.1. The second kappa shape index (κ2) is 9.22. The highest BCUT2D eigenvalue weighted by Gasteiger charge is 2.26. The number of nitrogens with zero attached hydrogens (tertiary/aromatic N) is 4. The van der Waals surface area contributed by atoms with Crippen molar-refractivity contribution >= 4 is 40.3 Å². The molecule has 0 saturated heterocycles. The predicted octanol–water partition coefficient (Wildman–Crippen LogP) is 4.24. The molecule has 0 saturated carbocycles. The van der Waals surface area contributed by atoms with Gasteiger partial charge < -0.3 is 4.90 Å². The lowest BCUT2D eigenvalue weighted by molar-refractivity contribution is -0.130. The number of aromatic nitrogens is 4. The molecule has 1 aromatic carbocycles. The second-order valence-corrected chi connectivity index (χ2v) is 8.61. The number of benzene rings is 1. The molecular formula is C21H27ClN6OS. The molecule has 3 rings (SSSR count). The molecule has 2 N–H and O–H groups in total. The normalized spacial score (nSPS) is 12.3. The van der Waals surface area contributed by atoms with Gasteiger partial charge in [-0.1, -0.05) is 36.4 Å². The summed E-state index contributed by atoms with van der Waals surface area (Å²) in [6.07, 6.45) is 0.654. The zero-order chi connectivity index (χ0) is 22.0. The van der Waals surface area contributed by atoms with Crippen molar-refractivity contribution in [2.45, 2.75) is 51.4 Å². The molecule has 30 heavy (non-hydrogen) atoms. The van der Waals surface area contributed by atoms with Crippen LogP contribution in [0.1, 0.15) is 38.4 Å². The van der Waals surface area contributed by atoms with Crippen LogP contribution in [0.4, 0.5) is 0 Å². The van der Waals surface area contributed by atoms with Gasteiger partial charge in [-0.25, -0.2) is 4.98 Å². The summed E-state index contributed by atoms with van der Waals surface area (Å²) in [5, 5.41) is 17.6. The average Bonchev–Trinajstić information content (AvgIpc) is 3.10. The van der Waals surface area contributed by atoms with Crippen molar-refractivity contribution in [2.24, 2.45) is 0 Å².